The molecule has 0 aliphatic heterocycles. The number of nitrogens with zero attached hydrogens (tertiary/aromatic N) is 1. The van der Waals surface area contributed by atoms with Gasteiger partial charge in [-0.05, 0) is 71.8 Å². The lowest BCUT2D eigenvalue weighted by Crippen LogP contribution is -2.27. The van der Waals surface area contributed by atoms with Crippen molar-refractivity contribution in [1.29, 1.82) is 0 Å². The molecule has 0 aromatic heterocycles. The second-order valence-corrected chi connectivity index (χ2v) is 10.4. The first-order chi connectivity index (χ1) is 21.0. The fraction of sp³-hybridized carbons (Fsp3) is 0.278. The maximum atomic E-state index is 12.1. The topological polar surface area (TPSA) is 85.3 Å². The molecule has 7 nitrogen and oxygen atoms in total. The number of carboxylic acids is 1. The lowest BCUT2D eigenvalue weighted by Gasteiger charge is -2.23. The summed E-state index contributed by atoms with van der Waals surface area (Å²) in [5.74, 6) is 0.0865. The average Bonchev–Trinajstić information content (AvgIpc) is 3.05. The van der Waals surface area contributed by atoms with Gasteiger partial charge in [-0.1, -0.05) is 78.9 Å². The summed E-state index contributed by atoms with van der Waals surface area (Å²) < 4.78 is 16.6. The van der Waals surface area contributed by atoms with Crippen molar-refractivity contribution < 1.29 is 28.9 Å². The first kappa shape index (κ1) is 31.3. The summed E-state index contributed by atoms with van der Waals surface area (Å²) in [5.41, 5.74) is 5.93. The molecule has 43 heavy (non-hydrogen) atoms. The van der Waals surface area contributed by atoms with Gasteiger partial charge in [0, 0.05) is 19.5 Å². The van der Waals surface area contributed by atoms with E-state index in [0.29, 0.717) is 30.9 Å². The Kier molecular flexibility index (Phi) is 11.7. The standard InChI is InChI=1S/C36H39NO6/c1-41-34-24-28(17-20-32(34)36(40)42-2)25-37(22-9-8-14-35(38)39)23-21-31-12-6-7-13-33(31)43-26-27-15-18-30(19-16-27)29-10-4-3-5-11-29/h3-7,10-13,15-20,24H,8-9,14,21-23,25-26H2,1-2H3,(H,38,39). The molecule has 0 aliphatic carbocycles. The number of carbonyl (C=O) groups is 2. The van der Waals surface area contributed by atoms with Crippen molar-refractivity contribution in [3.63, 3.8) is 0 Å². The molecular weight excluding hydrogens is 542 g/mol. The number of hydrogen-bond acceptors (Lipinski definition) is 6. The summed E-state index contributed by atoms with van der Waals surface area (Å²) >= 11 is 0. The van der Waals surface area contributed by atoms with Gasteiger partial charge in [0.2, 0.25) is 0 Å². The van der Waals surface area contributed by atoms with Crippen LogP contribution in [0.25, 0.3) is 11.1 Å². The summed E-state index contributed by atoms with van der Waals surface area (Å²) in [6.07, 6.45) is 2.29. The molecule has 0 unspecified atom stereocenters. The van der Waals surface area contributed by atoms with Gasteiger partial charge < -0.3 is 19.3 Å². The molecule has 4 rings (SSSR count). The predicted molar refractivity (Wildman–Crippen MR) is 167 cm³/mol. The van der Waals surface area contributed by atoms with E-state index < -0.39 is 11.9 Å². The molecule has 0 radical (unpaired) electrons. The zero-order chi connectivity index (χ0) is 30.4. The lowest BCUT2D eigenvalue weighted by molar-refractivity contribution is -0.137. The number of aliphatic carboxylic acids is 1. The highest BCUT2D eigenvalue weighted by Crippen LogP contribution is 2.25. The van der Waals surface area contributed by atoms with Crippen LogP contribution in [0.4, 0.5) is 0 Å². The number of esters is 1. The minimum atomic E-state index is -0.782. The maximum absolute atomic E-state index is 12.1. The van der Waals surface area contributed by atoms with E-state index in [1.165, 1.54) is 25.3 Å². The Balaban J connectivity index is 1.41. The number of carboxylic acid groups (broad SMARTS) is 1. The Hall–Kier alpha value is -4.62. The van der Waals surface area contributed by atoms with E-state index in [1.54, 1.807) is 6.07 Å². The third-order valence-corrected chi connectivity index (χ3v) is 7.32. The molecular formula is C36H39NO6. The summed E-state index contributed by atoms with van der Waals surface area (Å²) in [5, 5.41) is 9.06. The third kappa shape index (κ3) is 9.45. The van der Waals surface area contributed by atoms with Gasteiger partial charge in [-0.15, -0.1) is 0 Å². The molecule has 224 valence electrons. The Morgan fingerprint density at radius 3 is 2.16 bits per heavy atom. The predicted octanol–water partition coefficient (Wildman–Crippen LogP) is 7.03. The monoisotopic (exact) mass is 581 g/mol. The maximum Gasteiger partial charge on any atom is 0.341 e. The van der Waals surface area contributed by atoms with Crippen molar-refractivity contribution in [2.45, 2.75) is 38.8 Å². The molecule has 4 aromatic rings. The lowest BCUT2D eigenvalue weighted by atomic mass is 10.0. The fourth-order valence-corrected chi connectivity index (χ4v) is 4.97. The fourth-order valence-electron chi connectivity index (χ4n) is 4.97. The molecule has 0 aliphatic rings. The van der Waals surface area contributed by atoms with Crippen LogP contribution in [0.15, 0.2) is 97.1 Å². The van der Waals surface area contributed by atoms with Gasteiger partial charge >= 0.3 is 11.9 Å². The Morgan fingerprint density at radius 2 is 1.44 bits per heavy atom. The normalized spacial score (nSPS) is 10.9. The van der Waals surface area contributed by atoms with Gasteiger partial charge in [-0.2, -0.15) is 0 Å². The number of rotatable bonds is 16. The Morgan fingerprint density at radius 1 is 0.744 bits per heavy atom. The van der Waals surface area contributed by atoms with Crippen LogP contribution < -0.4 is 9.47 Å². The summed E-state index contributed by atoms with van der Waals surface area (Å²) in [7, 11) is 2.88. The molecule has 4 aromatic carbocycles. The smallest absolute Gasteiger partial charge is 0.341 e. The largest absolute Gasteiger partial charge is 0.496 e. The highest BCUT2D eigenvalue weighted by molar-refractivity contribution is 5.92. The zero-order valence-electron chi connectivity index (χ0n) is 24.8. The van der Waals surface area contributed by atoms with E-state index in [-0.39, 0.29) is 6.42 Å². The highest BCUT2D eigenvalue weighted by atomic mass is 16.5. The van der Waals surface area contributed by atoms with E-state index in [2.05, 4.69) is 47.4 Å². The molecule has 0 atom stereocenters. The quantitative estimate of drug-likeness (QED) is 0.112. The molecule has 1 N–H and O–H groups in total. The summed E-state index contributed by atoms with van der Waals surface area (Å²) in [6.45, 7) is 2.59. The van der Waals surface area contributed by atoms with Crippen LogP contribution in [0.3, 0.4) is 0 Å². The van der Waals surface area contributed by atoms with Crippen LogP contribution in [0.2, 0.25) is 0 Å². The van der Waals surface area contributed by atoms with Crippen LogP contribution in [-0.4, -0.2) is 49.3 Å². The first-order valence-electron chi connectivity index (χ1n) is 14.5. The molecule has 7 heteroatoms. The molecule has 0 saturated heterocycles. The molecule has 0 saturated carbocycles. The van der Waals surface area contributed by atoms with Crippen LogP contribution in [0.5, 0.6) is 11.5 Å². The van der Waals surface area contributed by atoms with E-state index >= 15 is 0 Å². The average molecular weight is 582 g/mol. The van der Waals surface area contributed by atoms with Gasteiger partial charge in [0.05, 0.1) is 14.2 Å². The van der Waals surface area contributed by atoms with Gasteiger partial charge in [0.15, 0.2) is 0 Å². The molecule has 0 spiro atoms. The van der Waals surface area contributed by atoms with E-state index in [1.807, 2.05) is 48.5 Å². The van der Waals surface area contributed by atoms with Gasteiger partial charge in [-0.3, -0.25) is 9.69 Å². The number of benzene rings is 4. The van der Waals surface area contributed by atoms with Gasteiger partial charge in [0.25, 0.3) is 0 Å². The zero-order valence-corrected chi connectivity index (χ0v) is 24.8. The third-order valence-electron chi connectivity index (χ3n) is 7.32. The van der Waals surface area contributed by atoms with Gasteiger partial charge in [0.1, 0.15) is 23.7 Å². The van der Waals surface area contributed by atoms with Crippen LogP contribution >= 0.6 is 0 Å². The van der Waals surface area contributed by atoms with Crippen molar-refractivity contribution in [2.75, 3.05) is 27.3 Å². The van der Waals surface area contributed by atoms with Crippen LogP contribution in [-0.2, 0) is 29.1 Å². The van der Waals surface area contributed by atoms with Crippen LogP contribution in [0.1, 0.15) is 46.3 Å². The number of methoxy groups -OCH3 is 2. The molecule has 0 amide bonds. The summed E-state index contributed by atoms with van der Waals surface area (Å²) in [6, 6.07) is 32.3. The minimum absolute atomic E-state index is 0.151. The second-order valence-electron chi connectivity index (χ2n) is 10.4. The van der Waals surface area contributed by atoms with Crippen LogP contribution in [0, 0.1) is 0 Å². The Bertz CT molecular complexity index is 1470. The minimum Gasteiger partial charge on any atom is -0.496 e. The van der Waals surface area contributed by atoms with Gasteiger partial charge in [-0.25, -0.2) is 4.79 Å². The SMILES string of the molecule is COC(=O)c1ccc(CN(CCCCC(=O)O)CCc2ccccc2OCc2ccc(-c3ccccc3)cc2)cc1OC. The Labute approximate surface area is 253 Å². The second kappa shape index (κ2) is 16.1. The number of para-hydroxylation sites is 1. The number of unbranched alkanes of at least 4 members (excludes halogenated alkanes) is 1. The number of hydrogen-bond donors (Lipinski definition) is 1. The van der Waals surface area contributed by atoms with Crippen molar-refractivity contribution >= 4 is 11.9 Å². The molecule has 0 heterocycles. The van der Waals surface area contributed by atoms with E-state index in [4.69, 9.17) is 19.3 Å². The van der Waals surface area contributed by atoms with E-state index in [0.717, 1.165) is 48.4 Å². The van der Waals surface area contributed by atoms with Crippen molar-refractivity contribution in [1.82, 2.24) is 4.90 Å². The molecule has 0 fully saturated rings. The van der Waals surface area contributed by atoms with Crippen molar-refractivity contribution in [2.24, 2.45) is 0 Å². The number of ether oxygens (including phenoxy) is 3. The van der Waals surface area contributed by atoms with Crippen molar-refractivity contribution in [3.05, 3.63) is 119 Å². The van der Waals surface area contributed by atoms with E-state index in [9.17, 15) is 9.59 Å². The highest BCUT2D eigenvalue weighted by Gasteiger charge is 2.15. The van der Waals surface area contributed by atoms with Crippen molar-refractivity contribution in [3.8, 4) is 22.6 Å². The molecule has 0 bridgehead atoms. The summed E-state index contributed by atoms with van der Waals surface area (Å²) in [4.78, 5) is 25.4. The number of carbonyl (C=O) groups excluding carboxylic acids is 1. The first-order valence-corrected chi connectivity index (χ1v) is 14.5.